The third-order valence-electron chi connectivity index (χ3n) is 1.99. The van der Waals surface area contributed by atoms with E-state index in [4.69, 9.17) is 5.11 Å². The SMILES string of the molecule is CC(C)C[C@@H](CO)NC(=O)C(C)(C)C. The summed E-state index contributed by atoms with van der Waals surface area (Å²) in [6, 6.07) is -0.110. The summed E-state index contributed by atoms with van der Waals surface area (Å²) in [4.78, 5) is 11.6. The van der Waals surface area contributed by atoms with E-state index in [1.54, 1.807) is 0 Å². The number of nitrogens with one attached hydrogen (secondary N) is 1. The molecule has 0 aromatic heterocycles. The van der Waals surface area contributed by atoms with E-state index in [2.05, 4.69) is 19.2 Å². The van der Waals surface area contributed by atoms with Gasteiger partial charge in [0.15, 0.2) is 0 Å². The molecule has 0 aromatic rings. The molecule has 0 aromatic carbocycles. The Kier molecular flexibility index (Phi) is 5.13. The second-order valence-corrected chi connectivity index (χ2v) is 5.23. The van der Waals surface area contributed by atoms with Crippen LogP contribution in [-0.4, -0.2) is 23.7 Å². The molecule has 0 spiro atoms. The van der Waals surface area contributed by atoms with Gasteiger partial charge < -0.3 is 10.4 Å². The lowest BCUT2D eigenvalue weighted by molar-refractivity contribution is -0.129. The van der Waals surface area contributed by atoms with Gasteiger partial charge in [-0.2, -0.15) is 0 Å². The Morgan fingerprint density at radius 2 is 1.86 bits per heavy atom. The highest BCUT2D eigenvalue weighted by atomic mass is 16.3. The molecule has 3 nitrogen and oxygen atoms in total. The van der Waals surface area contributed by atoms with Crippen LogP contribution in [0.25, 0.3) is 0 Å². The predicted molar refractivity (Wildman–Crippen MR) is 57.9 cm³/mol. The zero-order valence-corrected chi connectivity index (χ0v) is 9.92. The first-order chi connectivity index (χ1) is 6.27. The number of aliphatic hydroxyl groups is 1. The molecular formula is C11H23NO2. The monoisotopic (exact) mass is 201 g/mol. The van der Waals surface area contributed by atoms with Crippen LogP contribution in [0.3, 0.4) is 0 Å². The summed E-state index contributed by atoms with van der Waals surface area (Å²) in [5, 5.41) is 11.9. The average molecular weight is 201 g/mol. The first-order valence-electron chi connectivity index (χ1n) is 5.19. The van der Waals surface area contributed by atoms with E-state index in [0.29, 0.717) is 5.92 Å². The van der Waals surface area contributed by atoms with Crippen molar-refractivity contribution < 1.29 is 9.90 Å². The largest absolute Gasteiger partial charge is 0.394 e. The van der Waals surface area contributed by atoms with Gasteiger partial charge in [-0.3, -0.25) is 4.79 Å². The fraction of sp³-hybridized carbons (Fsp3) is 0.909. The van der Waals surface area contributed by atoms with Crippen LogP contribution >= 0.6 is 0 Å². The van der Waals surface area contributed by atoms with Gasteiger partial charge in [-0.25, -0.2) is 0 Å². The lowest BCUT2D eigenvalue weighted by atomic mass is 9.94. The molecule has 0 radical (unpaired) electrons. The molecule has 84 valence electrons. The second kappa shape index (κ2) is 5.35. The molecule has 0 aliphatic heterocycles. The van der Waals surface area contributed by atoms with E-state index in [9.17, 15) is 4.79 Å². The zero-order valence-electron chi connectivity index (χ0n) is 9.92. The molecule has 0 rings (SSSR count). The molecule has 0 unspecified atom stereocenters. The second-order valence-electron chi connectivity index (χ2n) is 5.23. The van der Waals surface area contributed by atoms with E-state index < -0.39 is 0 Å². The lowest BCUT2D eigenvalue weighted by Gasteiger charge is -2.24. The Morgan fingerprint density at radius 3 is 2.14 bits per heavy atom. The summed E-state index contributed by atoms with van der Waals surface area (Å²) >= 11 is 0. The molecule has 0 saturated heterocycles. The van der Waals surface area contributed by atoms with Crippen LogP contribution in [0, 0.1) is 11.3 Å². The fourth-order valence-electron chi connectivity index (χ4n) is 1.15. The summed E-state index contributed by atoms with van der Waals surface area (Å²) in [5.74, 6) is 0.476. The highest BCUT2D eigenvalue weighted by Crippen LogP contribution is 2.14. The molecule has 0 bridgehead atoms. The van der Waals surface area contributed by atoms with Crippen LogP contribution in [0.4, 0.5) is 0 Å². The highest BCUT2D eigenvalue weighted by molar-refractivity contribution is 5.81. The third-order valence-corrected chi connectivity index (χ3v) is 1.99. The van der Waals surface area contributed by atoms with Gasteiger partial charge in [0.2, 0.25) is 5.91 Å². The van der Waals surface area contributed by atoms with E-state index in [-0.39, 0.29) is 24.0 Å². The fourth-order valence-corrected chi connectivity index (χ4v) is 1.15. The van der Waals surface area contributed by atoms with E-state index in [1.165, 1.54) is 0 Å². The third kappa shape index (κ3) is 5.22. The van der Waals surface area contributed by atoms with Gasteiger partial charge in [-0.05, 0) is 12.3 Å². The van der Waals surface area contributed by atoms with E-state index in [0.717, 1.165) is 6.42 Å². The quantitative estimate of drug-likeness (QED) is 0.725. The van der Waals surface area contributed by atoms with Crippen molar-refractivity contribution in [2.75, 3.05) is 6.61 Å². The Bertz CT molecular complexity index is 182. The van der Waals surface area contributed by atoms with Crippen LogP contribution in [-0.2, 0) is 4.79 Å². The molecule has 0 aliphatic carbocycles. The molecule has 3 heteroatoms. The van der Waals surface area contributed by atoms with Crippen molar-refractivity contribution in [1.82, 2.24) is 5.32 Å². The molecule has 1 amide bonds. The smallest absolute Gasteiger partial charge is 0.225 e. The van der Waals surface area contributed by atoms with E-state index in [1.807, 2.05) is 20.8 Å². The summed E-state index contributed by atoms with van der Waals surface area (Å²) < 4.78 is 0. The topological polar surface area (TPSA) is 49.3 Å². The van der Waals surface area contributed by atoms with Crippen LogP contribution in [0.15, 0.2) is 0 Å². The number of carbonyl (C=O) groups is 1. The van der Waals surface area contributed by atoms with Crippen LogP contribution in [0.2, 0.25) is 0 Å². The first-order valence-corrected chi connectivity index (χ1v) is 5.19. The summed E-state index contributed by atoms with van der Waals surface area (Å²) in [6.07, 6.45) is 0.818. The first kappa shape index (κ1) is 13.4. The van der Waals surface area contributed by atoms with Crippen LogP contribution in [0.5, 0.6) is 0 Å². The maximum absolute atomic E-state index is 11.6. The van der Waals surface area contributed by atoms with Crippen LogP contribution < -0.4 is 5.32 Å². The molecule has 0 heterocycles. The Balaban J connectivity index is 4.12. The number of carbonyl (C=O) groups excluding carboxylic acids is 1. The number of amides is 1. The minimum Gasteiger partial charge on any atom is -0.394 e. The average Bonchev–Trinajstić information content (AvgIpc) is 2.00. The van der Waals surface area contributed by atoms with Crippen LogP contribution in [0.1, 0.15) is 41.0 Å². The van der Waals surface area contributed by atoms with Crippen molar-refractivity contribution in [1.29, 1.82) is 0 Å². The molecule has 0 saturated carbocycles. The normalized spacial score (nSPS) is 14.2. The number of hydrogen-bond donors (Lipinski definition) is 2. The minimum atomic E-state index is -0.385. The van der Waals surface area contributed by atoms with Crippen molar-refractivity contribution in [3.63, 3.8) is 0 Å². The van der Waals surface area contributed by atoms with Gasteiger partial charge in [-0.15, -0.1) is 0 Å². The van der Waals surface area contributed by atoms with Gasteiger partial charge in [0.05, 0.1) is 12.6 Å². The molecule has 14 heavy (non-hydrogen) atoms. The molecule has 1 atom stereocenters. The predicted octanol–water partition coefficient (Wildman–Crippen LogP) is 1.56. The maximum atomic E-state index is 11.6. The number of hydrogen-bond acceptors (Lipinski definition) is 2. The minimum absolute atomic E-state index is 0.00259. The van der Waals surface area contributed by atoms with Crippen molar-refractivity contribution in [2.24, 2.45) is 11.3 Å². The standard InChI is InChI=1S/C11H23NO2/c1-8(2)6-9(7-13)12-10(14)11(3,4)5/h8-9,13H,6-7H2,1-5H3,(H,12,14)/t9-/m0/s1. The van der Waals surface area contributed by atoms with Gasteiger partial charge in [0.1, 0.15) is 0 Å². The number of aliphatic hydroxyl groups excluding tert-OH is 1. The van der Waals surface area contributed by atoms with E-state index >= 15 is 0 Å². The van der Waals surface area contributed by atoms with Gasteiger partial charge in [0.25, 0.3) is 0 Å². The lowest BCUT2D eigenvalue weighted by Crippen LogP contribution is -2.44. The Labute approximate surface area is 86.9 Å². The van der Waals surface area contributed by atoms with Gasteiger partial charge in [-0.1, -0.05) is 34.6 Å². The van der Waals surface area contributed by atoms with Crippen molar-refractivity contribution in [3.05, 3.63) is 0 Å². The van der Waals surface area contributed by atoms with Gasteiger partial charge in [0, 0.05) is 5.41 Å². The highest BCUT2D eigenvalue weighted by Gasteiger charge is 2.23. The molecular weight excluding hydrogens is 178 g/mol. The Morgan fingerprint density at radius 1 is 1.36 bits per heavy atom. The summed E-state index contributed by atoms with van der Waals surface area (Å²) in [5.41, 5.74) is -0.385. The Hall–Kier alpha value is -0.570. The van der Waals surface area contributed by atoms with Crippen molar-refractivity contribution in [2.45, 2.75) is 47.1 Å². The zero-order chi connectivity index (χ0) is 11.4. The molecule has 0 aliphatic rings. The van der Waals surface area contributed by atoms with Crippen molar-refractivity contribution >= 4 is 5.91 Å². The number of rotatable bonds is 4. The van der Waals surface area contributed by atoms with Gasteiger partial charge >= 0.3 is 0 Å². The maximum Gasteiger partial charge on any atom is 0.225 e. The van der Waals surface area contributed by atoms with Crippen molar-refractivity contribution in [3.8, 4) is 0 Å². The summed E-state index contributed by atoms with van der Waals surface area (Å²) in [6.45, 7) is 9.77. The summed E-state index contributed by atoms with van der Waals surface area (Å²) in [7, 11) is 0. The molecule has 2 N–H and O–H groups in total. The molecule has 0 fully saturated rings.